The maximum atomic E-state index is 15.2. The molecule has 21 nitrogen and oxygen atoms in total. The van der Waals surface area contributed by atoms with Crippen LogP contribution in [0.2, 0.25) is 0 Å². The van der Waals surface area contributed by atoms with Gasteiger partial charge in [-0.05, 0) is 177 Å². The van der Waals surface area contributed by atoms with Gasteiger partial charge in [-0.1, -0.05) is 121 Å². The molecule has 0 bridgehead atoms. The second-order valence-electron chi connectivity index (χ2n) is 32.3. The minimum Gasteiger partial charge on any atom is -0.469 e. The number of ether oxygens (including phenoxy) is 6. The normalized spacial score (nSPS) is 24.5. The minimum absolute atomic E-state index is 0.0123. The molecule has 0 amide bonds. The maximum absolute atomic E-state index is 15.2. The molecule has 0 aromatic rings. The fraction of sp³-hybridized carbons (Fsp3) is 0.778. The van der Waals surface area contributed by atoms with Crippen LogP contribution in [0.15, 0.2) is 60.8 Å². The molecule has 5 fully saturated rings. The lowest BCUT2D eigenvalue weighted by molar-refractivity contribution is -0.297. The lowest BCUT2D eigenvalue weighted by atomic mass is 9.84. The Morgan fingerprint density at radius 2 is 0.942 bits per heavy atom. The molecule has 0 spiro atoms. The van der Waals surface area contributed by atoms with Crippen molar-refractivity contribution in [2.24, 2.45) is 47.3 Å². The number of hydrogen-bond acceptors (Lipinski definition) is 23. The third-order valence-corrected chi connectivity index (χ3v) is 25.6. The van der Waals surface area contributed by atoms with Crippen LogP contribution in [0.4, 0.5) is 35.1 Å². The molecule has 2 saturated heterocycles. The summed E-state index contributed by atoms with van der Waals surface area (Å²) in [4.78, 5) is 115. The molecule has 0 radical (unpaired) electrons. The first-order valence-electron chi connectivity index (χ1n) is 43.6. The number of methoxy groups -OCH3 is 4. The number of esters is 4. The number of alkyl halides is 8. The summed E-state index contributed by atoms with van der Waals surface area (Å²) in [5.41, 5.74) is 0. The van der Waals surface area contributed by atoms with Crippen molar-refractivity contribution in [3.05, 3.63) is 60.8 Å². The van der Waals surface area contributed by atoms with E-state index in [2.05, 4.69) is 36.5 Å². The lowest BCUT2D eigenvalue weighted by Gasteiger charge is -2.43. The van der Waals surface area contributed by atoms with Gasteiger partial charge in [0.15, 0.2) is 10.7 Å². The van der Waals surface area contributed by atoms with E-state index in [4.69, 9.17) is 14.7 Å². The summed E-state index contributed by atoms with van der Waals surface area (Å²) in [5.74, 6) is -19.8. The summed E-state index contributed by atoms with van der Waals surface area (Å²) in [6.07, 6.45) is 32.7. The van der Waals surface area contributed by atoms with Crippen molar-refractivity contribution in [2.75, 3.05) is 41.7 Å². The number of thiol groups is 1. The zero-order valence-corrected chi connectivity index (χ0v) is 74.4. The number of rotatable bonds is 51. The zero-order valence-electron chi connectivity index (χ0n) is 72.7. The van der Waals surface area contributed by atoms with Crippen LogP contribution in [0, 0.1) is 47.3 Å². The number of halogens is 8. The highest BCUT2D eigenvalue weighted by Crippen LogP contribution is 2.57. The largest absolute Gasteiger partial charge is 0.469 e. The predicted molar refractivity (Wildman–Crippen MR) is 449 cm³/mol. The van der Waals surface area contributed by atoms with Crippen molar-refractivity contribution in [2.45, 2.75) is 355 Å². The van der Waals surface area contributed by atoms with E-state index < -0.39 is 77.0 Å². The van der Waals surface area contributed by atoms with Crippen LogP contribution in [0.25, 0.3) is 0 Å². The number of thioether (sulfide) groups is 1. The van der Waals surface area contributed by atoms with Gasteiger partial charge >= 0.3 is 47.6 Å². The Morgan fingerprint density at radius 1 is 0.521 bits per heavy atom. The molecular weight excluding hydrogens is 1630 g/mol. The van der Waals surface area contributed by atoms with Gasteiger partial charge in [-0.3, -0.25) is 43.2 Å². The quantitative estimate of drug-likeness (QED) is 0.00552. The van der Waals surface area contributed by atoms with Gasteiger partial charge < -0.3 is 48.6 Å². The minimum atomic E-state index is -3.28. The van der Waals surface area contributed by atoms with Gasteiger partial charge in [0.2, 0.25) is 17.4 Å². The summed E-state index contributed by atoms with van der Waals surface area (Å²) in [7, 11) is 5.42. The van der Waals surface area contributed by atoms with Crippen LogP contribution in [0.1, 0.15) is 298 Å². The van der Waals surface area contributed by atoms with Crippen LogP contribution in [0.5, 0.6) is 0 Å². The molecule has 0 aromatic carbocycles. The standard InChI is InChI=1S/C25H42F2O6.2C21H32F2O4S.C21H30F2O4.C2H4O3/c1-3-4-5-10-14-24(26,27)25(32-16-17-33-25)15-13-20-19(21(28)18-22(20)29)11-8-6-7-9-12-23(30)31-2;1-3-4-12-20(22,23)21(26)13-11-16-15(17(24)14-18(16)28-21)9-7-5-6-8-10-19(25)27-2;1-3-4-13-21(22,23)19(25)12-11-16-15(17(24)14-18(16)28)9-7-5-6-8-10-20(26)27-2;1-3-4-15-21(22,23)19(25)14-12-16-11-13-18(24)17(16)9-7-5-6-8-10-20(26)27-2;1-2(3)5-4/h6,8,19-22,28-29H,3-5,7,9-18H2,1-2H3;5,7,15-16,18,26H,3-4,6,8-14H2,1-2H3;5,7,15-16,18,28H,3-4,6,8-14H2,1-2H3;5,7,11,13,16-17H,3-4,6,8-10,12,14-15H2,1-2H3;4H,1H3/b8-6-;3*7-5-;/t19-,20-,21?,22?;15?,16-,18-,21?;15-,16?,18-;16?,17-;/m1111./s1. The van der Waals surface area contributed by atoms with E-state index in [1.807, 2.05) is 76.3 Å². The monoisotopic (exact) mass is 1770 g/mol. The van der Waals surface area contributed by atoms with E-state index in [1.54, 1.807) is 6.08 Å². The van der Waals surface area contributed by atoms with Crippen LogP contribution in [-0.2, 0) is 81.3 Å². The summed E-state index contributed by atoms with van der Waals surface area (Å²) < 4.78 is 144. The van der Waals surface area contributed by atoms with Gasteiger partial charge in [0.1, 0.15) is 11.6 Å². The molecule has 0 aromatic heterocycles. The number of Topliss-reactive ketones (excluding diaryl/α,β-unsaturated/α-hetero) is 4. The number of carbonyl (C=O) groups excluding carboxylic acids is 10. The number of fused-ring (bicyclic) bond motifs is 1. The van der Waals surface area contributed by atoms with Crippen molar-refractivity contribution in [1.82, 2.24) is 0 Å². The van der Waals surface area contributed by atoms with Crippen molar-refractivity contribution in [1.29, 1.82) is 0 Å². The fourth-order valence-electron chi connectivity index (χ4n) is 15.9. The summed E-state index contributed by atoms with van der Waals surface area (Å²) in [5, 5.41) is 38.5. The first-order valence-corrected chi connectivity index (χ1v) is 45.0. The molecule has 4 N–H and O–H groups in total. The molecule has 4 aliphatic carbocycles. The van der Waals surface area contributed by atoms with E-state index in [-0.39, 0.29) is 176 Å². The van der Waals surface area contributed by atoms with Gasteiger partial charge in [-0.2, -0.15) is 35.4 Å². The van der Waals surface area contributed by atoms with E-state index in [9.17, 15) is 89.6 Å². The van der Waals surface area contributed by atoms with Gasteiger partial charge in [-0.25, -0.2) is 22.4 Å². The maximum Gasteiger partial charge on any atom is 0.339 e. The van der Waals surface area contributed by atoms with Crippen molar-refractivity contribution < 1.29 is 137 Å². The van der Waals surface area contributed by atoms with Crippen LogP contribution >= 0.6 is 24.4 Å². The second kappa shape index (κ2) is 59.3. The van der Waals surface area contributed by atoms with E-state index in [0.29, 0.717) is 161 Å². The van der Waals surface area contributed by atoms with Crippen molar-refractivity contribution in [3.8, 4) is 0 Å². The fourth-order valence-corrected chi connectivity index (χ4v) is 18.2. The average molecular weight is 1770 g/mol. The molecule has 121 heavy (non-hydrogen) atoms. The highest BCUT2D eigenvalue weighted by molar-refractivity contribution is 8.01. The Kier molecular flexibility index (Phi) is 54.6. The molecule has 6 unspecified atom stereocenters. The van der Waals surface area contributed by atoms with E-state index in [1.165, 1.54) is 34.5 Å². The number of aliphatic hydroxyl groups excluding tert-OH is 2. The Labute approximate surface area is 721 Å². The number of carbonyl (C=O) groups is 10. The van der Waals surface area contributed by atoms with Gasteiger partial charge in [0, 0.05) is 119 Å². The topological polar surface area (TPSA) is 316 Å². The zero-order chi connectivity index (χ0) is 90.8. The average Bonchev–Trinajstić information content (AvgIpc) is 1.69. The van der Waals surface area contributed by atoms with Crippen molar-refractivity contribution in [3.63, 3.8) is 0 Å². The number of ketones is 5. The number of aliphatic hydroxyl groups is 3. The summed E-state index contributed by atoms with van der Waals surface area (Å²) >= 11 is 5.39. The summed E-state index contributed by atoms with van der Waals surface area (Å²) in [6.45, 7) is 8.90. The first-order chi connectivity index (χ1) is 57.3. The molecular formula is C90H140F8O21S2. The Bertz CT molecular complexity index is 3250. The summed E-state index contributed by atoms with van der Waals surface area (Å²) in [6, 6.07) is 0. The molecule has 2 aliphatic heterocycles. The molecule has 31 heteroatoms. The van der Waals surface area contributed by atoms with Gasteiger partial charge in [0.05, 0.1) is 53.9 Å². The molecule has 3 saturated carbocycles. The Morgan fingerprint density at radius 3 is 1.40 bits per heavy atom. The third kappa shape index (κ3) is 40.2. The Hall–Kier alpha value is -5.70. The van der Waals surface area contributed by atoms with E-state index >= 15 is 8.78 Å². The number of allylic oxidation sites excluding steroid dienone is 10. The molecule has 6 rings (SSSR count). The van der Waals surface area contributed by atoms with Crippen LogP contribution in [0.3, 0.4) is 0 Å². The molecule has 6 aliphatic rings. The van der Waals surface area contributed by atoms with Crippen molar-refractivity contribution >= 4 is 83.2 Å². The lowest BCUT2D eigenvalue weighted by Crippen LogP contribution is -2.50. The SMILES string of the molecule is CC(=O)OO.CCCCC(F)(F)C(=O)CCC1C=CC(=O)[C@@H]1C/C=C\CCCC(=O)OC.CCCCC(F)(F)C(=O)CCC1[C@H](S)CC(=O)[C@@H]1C/C=C\CCCC(=O)OC.CCCCC(F)(F)C1(O)CC[C@@H]2C(C/C=C\CCCC(=O)OC)C(=O)C[C@H]2S1.CCCCCCC(F)(F)C1(CC[C@H]2C(O)CC(O)[C@@H]2C/C=C\CCCC(=O)OC)OCCO1. The Balaban J connectivity index is 0.000000537. The van der Waals surface area contributed by atoms with Crippen LogP contribution in [-0.4, -0.2) is 178 Å². The molecule has 694 valence electrons. The predicted octanol–water partition coefficient (Wildman–Crippen LogP) is 19.5. The highest BCUT2D eigenvalue weighted by Gasteiger charge is 2.60. The third-order valence-electron chi connectivity index (χ3n) is 23.3. The number of hydrogen-bond donors (Lipinski definition) is 5. The van der Waals surface area contributed by atoms with E-state index in [0.717, 1.165) is 44.4 Å². The van der Waals surface area contributed by atoms with Gasteiger partial charge in [-0.15, -0.1) is 11.8 Å². The first kappa shape index (κ1) is 111. The second-order valence-corrected chi connectivity index (χ2v) is 34.5. The molecule has 2 heterocycles. The number of unbranched alkanes of at least 4 members (excludes halogenated alkanes) is 10. The van der Waals surface area contributed by atoms with Crippen LogP contribution < -0.4 is 0 Å². The smallest absolute Gasteiger partial charge is 0.339 e. The highest BCUT2D eigenvalue weighted by atomic mass is 32.2. The molecule has 13 atom stereocenters. The van der Waals surface area contributed by atoms with Gasteiger partial charge in [0.25, 0.3) is 5.92 Å².